The average Bonchev–Trinajstić information content (AvgIpc) is 3.36. The van der Waals surface area contributed by atoms with Gasteiger partial charge in [-0.3, -0.25) is 0 Å². The lowest BCUT2D eigenvalue weighted by Crippen LogP contribution is -2.19. The molecule has 1 unspecified atom stereocenters. The molecule has 2 aromatic rings. The summed E-state index contributed by atoms with van der Waals surface area (Å²) in [6.07, 6.45) is 4.04. The van der Waals surface area contributed by atoms with Crippen molar-refractivity contribution in [3.05, 3.63) is 39.0 Å². The Morgan fingerprint density at radius 2 is 1.70 bits per heavy atom. The van der Waals surface area contributed by atoms with Crippen LogP contribution in [0, 0.1) is 11.8 Å². The molecule has 0 fully saturated rings. The number of hydrogen-bond acceptors (Lipinski definition) is 5. The van der Waals surface area contributed by atoms with Gasteiger partial charge in [-0.05, 0) is 74.6 Å². The molecule has 2 amide bonds. The van der Waals surface area contributed by atoms with Gasteiger partial charge in [0.15, 0.2) is 14.1 Å². The molecular weight excluding hydrogens is 434 g/mol. The lowest BCUT2D eigenvalue weighted by molar-refractivity contribution is 0.0776. The number of urea groups is 1. The van der Waals surface area contributed by atoms with Crippen molar-refractivity contribution in [1.29, 1.82) is 0 Å². The van der Waals surface area contributed by atoms with Crippen molar-refractivity contribution in [2.24, 2.45) is 9.50 Å². The summed E-state index contributed by atoms with van der Waals surface area (Å²) in [7, 11) is -3.93. The Morgan fingerprint density at radius 1 is 1.17 bits per heavy atom. The van der Waals surface area contributed by atoms with Crippen LogP contribution in [0.4, 0.5) is 19.3 Å². The minimum atomic E-state index is -3.93. The van der Waals surface area contributed by atoms with Crippen LogP contribution in [0.25, 0.3) is 0 Å². The van der Waals surface area contributed by atoms with Gasteiger partial charge in [0, 0.05) is 5.69 Å². The molecule has 30 heavy (non-hydrogen) atoms. The second kappa shape index (κ2) is 7.33. The first-order valence-corrected chi connectivity index (χ1v) is 12.0. The molecule has 0 saturated carbocycles. The van der Waals surface area contributed by atoms with Crippen LogP contribution in [0.2, 0.25) is 0 Å². The lowest BCUT2D eigenvalue weighted by atomic mass is 9.98. The van der Waals surface area contributed by atoms with Gasteiger partial charge in [-0.15, -0.1) is 15.7 Å². The van der Waals surface area contributed by atoms with Crippen LogP contribution in [-0.2, 0) is 41.2 Å². The van der Waals surface area contributed by atoms with E-state index in [-0.39, 0.29) is 10.8 Å². The molecule has 11 heteroatoms. The maximum Gasteiger partial charge on any atom is 0.354 e. The smallest absolute Gasteiger partial charge is 0.354 e. The van der Waals surface area contributed by atoms with E-state index in [4.69, 9.17) is 5.14 Å². The summed E-state index contributed by atoms with van der Waals surface area (Å²) in [6, 6.07) is -0.991. The van der Waals surface area contributed by atoms with Crippen molar-refractivity contribution in [2.75, 3.05) is 5.32 Å². The van der Waals surface area contributed by atoms with Gasteiger partial charge in [0.1, 0.15) is 16.4 Å². The van der Waals surface area contributed by atoms with Crippen molar-refractivity contribution >= 4 is 33.0 Å². The Bertz CT molecular complexity index is 1140. The molecule has 1 aromatic heterocycles. The minimum Gasteiger partial charge on any atom is -0.383 e. The van der Waals surface area contributed by atoms with E-state index in [2.05, 4.69) is 14.7 Å². The van der Waals surface area contributed by atoms with Crippen LogP contribution < -0.4 is 10.5 Å². The molecule has 0 radical (unpaired) electrons. The SMILES string of the molecule is CC(C)(O)c1nc(F)c(S(N)(=O)=NC(=O)Nc2c3c(c(F)c4c2CCC4)CCC3)s1. The van der Waals surface area contributed by atoms with E-state index in [0.29, 0.717) is 53.8 Å². The number of rotatable bonds is 3. The molecule has 1 aromatic carbocycles. The van der Waals surface area contributed by atoms with Gasteiger partial charge in [-0.25, -0.2) is 23.5 Å². The number of nitrogens with one attached hydrogen (secondary N) is 1. The number of nitrogens with zero attached hydrogens (tertiary/aromatic N) is 2. The molecule has 1 heterocycles. The number of nitrogens with two attached hydrogens (primary N) is 1. The zero-order valence-electron chi connectivity index (χ0n) is 16.6. The van der Waals surface area contributed by atoms with Crippen molar-refractivity contribution < 1.29 is 22.9 Å². The number of fused-ring (bicyclic) bond motifs is 2. The van der Waals surface area contributed by atoms with Gasteiger partial charge in [0.05, 0.1) is 0 Å². The highest BCUT2D eigenvalue weighted by Gasteiger charge is 2.31. The Hall–Kier alpha value is -1.95. The summed E-state index contributed by atoms with van der Waals surface area (Å²) in [4.78, 5) is 16.1. The summed E-state index contributed by atoms with van der Waals surface area (Å²) in [5.41, 5.74) is 1.77. The molecule has 4 rings (SSSR count). The molecule has 7 nitrogen and oxygen atoms in total. The quantitative estimate of drug-likeness (QED) is 0.654. The van der Waals surface area contributed by atoms with Crippen LogP contribution in [0.3, 0.4) is 0 Å². The van der Waals surface area contributed by atoms with E-state index in [1.807, 2.05) is 0 Å². The standard InChI is InChI=1S/C19H22F2N4O3S2/c1-19(2,27)17-24-15(21)16(29-17)30(22,28)25-18(26)23-14-11-7-3-5-9(11)13(20)10-6-4-8-12(10)14/h27H,3-8H2,1-2H3,(H3,22,23,25,26,28). The zero-order valence-corrected chi connectivity index (χ0v) is 18.2. The van der Waals surface area contributed by atoms with Crippen LogP contribution in [0.1, 0.15) is 54.0 Å². The predicted molar refractivity (Wildman–Crippen MR) is 110 cm³/mol. The third-order valence-corrected chi connectivity index (χ3v) is 8.61. The molecule has 2 aliphatic rings. The third kappa shape index (κ3) is 3.64. The molecular formula is C19H22F2N4O3S2. The Morgan fingerprint density at radius 3 is 2.20 bits per heavy atom. The first kappa shape index (κ1) is 21.3. The number of hydrogen-bond donors (Lipinski definition) is 3. The number of amides is 2. The summed E-state index contributed by atoms with van der Waals surface area (Å²) in [5.74, 6) is -1.32. The third-order valence-electron chi connectivity index (χ3n) is 5.37. The van der Waals surface area contributed by atoms with E-state index < -0.39 is 31.7 Å². The first-order valence-electron chi connectivity index (χ1n) is 9.59. The average molecular weight is 457 g/mol. The number of thiazole rings is 1. The second-order valence-electron chi connectivity index (χ2n) is 8.06. The highest BCUT2D eigenvalue weighted by atomic mass is 32.2. The summed E-state index contributed by atoms with van der Waals surface area (Å²) < 4.78 is 44.8. The zero-order chi connectivity index (χ0) is 21.8. The van der Waals surface area contributed by atoms with Crippen LogP contribution in [-0.4, -0.2) is 20.3 Å². The van der Waals surface area contributed by atoms with Gasteiger partial charge in [-0.2, -0.15) is 4.39 Å². The molecule has 2 aliphatic carbocycles. The second-order valence-corrected chi connectivity index (χ2v) is 11.0. The highest BCUT2D eigenvalue weighted by molar-refractivity contribution is 7.93. The number of carbonyl (C=O) groups is 1. The number of anilines is 1. The van der Waals surface area contributed by atoms with Crippen molar-refractivity contribution in [3.8, 4) is 0 Å². The molecule has 1 atom stereocenters. The molecule has 0 aliphatic heterocycles. The van der Waals surface area contributed by atoms with Gasteiger partial charge < -0.3 is 10.4 Å². The fraction of sp³-hybridized carbons (Fsp3) is 0.474. The highest BCUT2D eigenvalue weighted by Crippen LogP contribution is 2.41. The predicted octanol–water partition coefficient (Wildman–Crippen LogP) is 3.56. The minimum absolute atomic E-state index is 0.0297. The number of aliphatic hydroxyl groups is 1. The molecule has 162 valence electrons. The first-order chi connectivity index (χ1) is 14.0. The molecule has 0 saturated heterocycles. The van der Waals surface area contributed by atoms with Crippen molar-refractivity contribution in [1.82, 2.24) is 4.98 Å². The van der Waals surface area contributed by atoms with Gasteiger partial charge in [-0.1, -0.05) is 0 Å². The number of benzene rings is 1. The number of aromatic nitrogens is 1. The van der Waals surface area contributed by atoms with E-state index in [1.165, 1.54) is 13.8 Å². The molecule has 4 N–H and O–H groups in total. The maximum absolute atomic E-state index is 14.8. The molecule has 0 spiro atoms. The summed E-state index contributed by atoms with van der Waals surface area (Å²) in [5, 5.41) is 18.3. The monoisotopic (exact) mass is 456 g/mol. The largest absolute Gasteiger partial charge is 0.383 e. The van der Waals surface area contributed by atoms with E-state index in [1.54, 1.807) is 0 Å². The van der Waals surface area contributed by atoms with E-state index >= 15 is 0 Å². The van der Waals surface area contributed by atoms with Crippen LogP contribution in [0.5, 0.6) is 0 Å². The normalized spacial score (nSPS) is 17.4. The van der Waals surface area contributed by atoms with E-state index in [0.717, 1.165) is 24.0 Å². The van der Waals surface area contributed by atoms with Crippen molar-refractivity contribution in [2.45, 2.75) is 62.2 Å². The number of halogens is 2. The number of carbonyl (C=O) groups excluding carboxylic acids is 1. The summed E-state index contributed by atoms with van der Waals surface area (Å²) in [6.45, 7) is 2.79. The van der Waals surface area contributed by atoms with Crippen molar-refractivity contribution in [3.63, 3.8) is 0 Å². The lowest BCUT2D eigenvalue weighted by Gasteiger charge is -2.16. The maximum atomic E-state index is 14.8. The molecule has 0 bridgehead atoms. The van der Waals surface area contributed by atoms with E-state index in [9.17, 15) is 22.9 Å². The van der Waals surface area contributed by atoms with Crippen LogP contribution >= 0.6 is 11.3 Å². The fourth-order valence-electron chi connectivity index (χ4n) is 4.06. The Balaban J connectivity index is 1.70. The Kier molecular flexibility index (Phi) is 5.20. The summed E-state index contributed by atoms with van der Waals surface area (Å²) >= 11 is 0.604. The van der Waals surface area contributed by atoms with Gasteiger partial charge >= 0.3 is 6.03 Å². The van der Waals surface area contributed by atoms with Gasteiger partial charge in [0.2, 0.25) is 5.95 Å². The van der Waals surface area contributed by atoms with Gasteiger partial charge in [0.25, 0.3) is 0 Å². The Labute approximate surface area is 177 Å². The topological polar surface area (TPSA) is 118 Å². The fourth-order valence-corrected chi connectivity index (χ4v) is 6.23. The van der Waals surface area contributed by atoms with Crippen LogP contribution in [0.15, 0.2) is 8.57 Å².